The van der Waals surface area contributed by atoms with Gasteiger partial charge in [-0.3, -0.25) is 4.79 Å². The number of benzene rings is 1. The first-order chi connectivity index (χ1) is 8.54. The minimum Gasteiger partial charge on any atom is -0.503 e. The largest absolute Gasteiger partial charge is 0.503 e. The Morgan fingerprint density at radius 2 is 1.61 bits per heavy atom. The topological polar surface area (TPSA) is 53.1 Å². The van der Waals surface area contributed by atoms with Gasteiger partial charge in [0, 0.05) is 12.3 Å². The molecule has 3 nitrogen and oxygen atoms in total. The molecule has 2 rings (SSSR count). The lowest BCUT2D eigenvalue weighted by Gasteiger charge is -2.03. The zero-order valence-electron chi connectivity index (χ0n) is 9.41. The van der Waals surface area contributed by atoms with Crippen molar-refractivity contribution in [1.82, 2.24) is 4.98 Å². The highest BCUT2D eigenvalue weighted by molar-refractivity contribution is 5.24. The number of H-pyrrole nitrogens is 1. The van der Waals surface area contributed by atoms with Crippen LogP contribution in [0, 0.1) is 11.6 Å². The van der Waals surface area contributed by atoms with E-state index in [2.05, 4.69) is 4.98 Å². The highest BCUT2D eigenvalue weighted by Gasteiger charge is 2.03. The Kier molecular flexibility index (Phi) is 3.41. The number of hydrogen-bond donors (Lipinski definition) is 2. The molecule has 2 aromatic rings. The number of aromatic amines is 1. The van der Waals surface area contributed by atoms with Crippen LogP contribution in [0.5, 0.6) is 5.75 Å². The second-order valence-corrected chi connectivity index (χ2v) is 4.00. The van der Waals surface area contributed by atoms with Crippen molar-refractivity contribution in [2.45, 2.75) is 12.8 Å². The summed E-state index contributed by atoms with van der Waals surface area (Å²) in [5.74, 6) is -1.60. The molecule has 0 aliphatic heterocycles. The van der Waals surface area contributed by atoms with E-state index in [1.165, 1.54) is 24.4 Å². The average Bonchev–Trinajstić information content (AvgIpc) is 2.29. The number of rotatable bonds is 3. The van der Waals surface area contributed by atoms with Crippen LogP contribution in [-0.2, 0) is 12.8 Å². The highest BCUT2D eigenvalue weighted by atomic mass is 19.1. The van der Waals surface area contributed by atoms with Gasteiger partial charge < -0.3 is 10.1 Å². The van der Waals surface area contributed by atoms with Crippen LogP contribution in [0.4, 0.5) is 8.78 Å². The van der Waals surface area contributed by atoms with E-state index in [1.807, 2.05) is 0 Å². The van der Waals surface area contributed by atoms with Gasteiger partial charge in [0.25, 0.3) is 5.56 Å². The van der Waals surface area contributed by atoms with E-state index < -0.39 is 17.2 Å². The van der Waals surface area contributed by atoms with E-state index in [0.717, 1.165) is 6.07 Å². The Morgan fingerprint density at radius 3 is 2.22 bits per heavy atom. The normalized spacial score (nSPS) is 10.6. The fourth-order valence-electron chi connectivity index (χ4n) is 1.70. The van der Waals surface area contributed by atoms with Crippen molar-refractivity contribution < 1.29 is 13.9 Å². The van der Waals surface area contributed by atoms with Gasteiger partial charge in [0.05, 0.1) is 0 Å². The van der Waals surface area contributed by atoms with Crippen LogP contribution in [0.1, 0.15) is 11.1 Å². The van der Waals surface area contributed by atoms with Crippen molar-refractivity contribution in [2.24, 2.45) is 0 Å². The maximum absolute atomic E-state index is 12.9. The third kappa shape index (κ3) is 2.94. The maximum atomic E-state index is 12.9. The van der Waals surface area contributed by atoms with Gasteiger partial charge in [-0.25, -0.2) is 8.78 Å². The zero-order chi connectivity index (χ0) is 13.1. The molecule has 0 atom stereocenters. The number of aromatic nitrogens is 1. The number of nitrogens with one attached hydrogen (secondary N) is 1. The van der Waals surface area contributed by atoms with Crippen LogP contribution in [0.2, 0.25) is 0 Å². The van der Waals surface area contributed by atoms with E-state index in [-0.39, 0.29) is 5.75 Å². The number of aryl methyl sites for hydroxylation is 2. The van der Waals surface area contributed by atoms with Crippen LogP contribution >= 0.6 is 0 Å². The molecule has 0 aliphatic rings. The molecule has 0 saturated carbocycles. The molecule has 1 aromatic carbocycles. The Bertz CT molecular complexity index is 602. The van der Waals surface area contributed by atoms with Crippen molar-refractivity contribution >= 4 is 0 Å². The summed E-state index contributed by atoms with van der Waals surface area (Å²) >= 11 is 0. The van der Waals surface area contributed by atoms with Crippen LogP contribution in [-0.4, -0.2) is 10.1 Å². The molecule has 0 radical (unpaired) electrons. The molecule has 94 valence electrons. The average molecular weight is 251 g/mol. The van der Waals surface area contributed by atoms with Gasteiger partial charge in [-0.2, -0.15) is 0 Å². The molecule has 1 heterocycles. The first kappa shape index (κ1) is 12.3. The summed E-state index contributed by atoms with van der Waals surface area (Å²) in [4.78, 5) is 13.3. The SMILES string of the molecule is O=c1[nH]cc(CCc2cc(F)cc(F)c2)cc1O. The molecule has 0 bridgehead atoms. The lowest BCUT2D eigenvalue weighted by Crippen LogP contribution is -2.05. The van der Waals surface area contributed by atoms with Gasteiger partial charge in [0.2, 0.25) is 0 Å². The highest BCUT2D eigenvalue weighted by Crippen LogP contribution is 2.12. The van der Waals surface area contributed by atoms with E-state index in [4.69, 9.17) is 0 Å². The molecular weight excluding hydrogens is 240 g/mol. The quantitative estimate of drug-likeness (QED) is 0.878. The summed E-state index contributed by atoms with van der Waals surface area (Å²) in [5, 5.41) is 9.22. The number of pyridine rings is 1. The summed E-state index contributed by atoms with van der Waals surface area (Å²) in [5.41, 5.74) is 0.658. The van der Waals surface area contributed by atoms with E-state index in [0.29, 0.717) is 24.0 Å². The molecule has 5 heteroatoms. The Hall–Kier alpha value is -2.17. The van der Waals surface area contributed by atoms with Crippen molar-refractivity contribution in [3.8, 4) is 5.75 Å². The third-order valence-electron chi connectivity index (χ3n) is 2.57. The lowest BCUT2D eigenvalue weighted by molar-refractivity contribution is 0.465. The first-order valence-corrected chi connectivity index (χ1v) is 5.40. The van der Waals surface area contributed by atoms with Crippen molar-refractivity contribution in [2.75, 3.05) is 0 Å². The Balaban J connectivity index is 2.11. The van der Waals surface area contributed by atoms with Gasteiger partial charge in [0.1, 0.15) is 11.6 Å². The molecule has 2 N–H and O–H groups in total. The summed E-state index contributed by atoms with van der Waals surface area (Å²) in [7, 11) is 0. The minimum atomic E-state index is -0.616. The van der Waals surface area contributed by atoms with Gasteiger partial charge >= 0.3 is 0 Å². The summed E-state index contributed by atoms with van der Waals surface area (Å²) in [6, 6.07) is 4.67. The van der Waals surface area contributed by atoms with Gasteiger partial charge in [-0.1, -0.05) is 0 Å². The predicted octanol–water partition coefficient (Wildman–Crippen LogP) is 2.14. The number of aromatic hydroxyl groups is 1. The second-order valence-electron chi connectivity index (χ2n) is 4.00. The number of hydrogen-bond acceptors (Lipinski definition) is 2. The molecule has 0 fully saturated rings. The number of halogens is 2. The second kappa shape index (κ2) is 5.00. The first-order valence-electron chi connectivity index (χ1n) is 5.40. The van der Waals surface area contributed by atoms with Crippen molar-refractivity contribution in [3.05, 3.63) is 63.6 Å². The molecular formula is C13H11F2NO2. The lowest BCUT2D eigenvalue weighted by atomic mass is 10.1. The molecule has 0 amide bonds. The third-order valence-corrected chi connectivity index (χ3v) is 2.57. The zero-order valence-corrected chi connectivity index (χ0v) is 9.41. The summed E-state index contributed by atoms with van der Waals surface area (Å²) in [6.45, 7) is 0. The summed E-state index contributed by atoms with van der Waals surface area (Å²) in [6.07, 6.45) is 2.35. The van der Waals surface area contributed by atoms with Crippen LogP contribution in [0.15, 0.2) is 35.3 Å². The van der Waals surface area contributed by atoms with Gasteiger partial charge in [-0.15, -0.1) is 0 Å². The molecule has 18 heavy (non-hydrogen) atoms. The van der Waals surface area contributed by atoms with E-state index in [9.17, 15) is 18.7 Å². The fourth-order valence-corrected chi connectivity index (χ4v) is 1.70. The van der Waals surface area contributed by atoms with E-state index in [1.54, 1.807) is 0 Å². The Morgan fingerprint density at radius 1 is 1.00 bits per heavy atom. The molecule has 0 unspecified atom stereocenters. The Labute approximate surface area is 102 Å². The van der Waals surface area contributed by atoms with Crippen molar-refractivity contribution in [3.63, 3.8) is 0 Å². The van der Waals surface area contributed by atoms with Crippen molar-refractivity contribution in [1.29, 1.82) is 0 Å². The van der Waals surface area contributed by atoms with Crippen LogP contribution < -0.4 is 5.56 Å². The smallest absolute Gasteiger partial charge is 0.290 e. The van der Waals surface area contributed by atoms with Gasteiger partial charge in [-0.05, 0) is 42.2 Å². The molecule has 0 aliphatic carbocycles. The summed E-state index contributed by atoms with van der Waals surface area (Å²) < 4.78 is 25.9. The minimum absolute atomic E-state index is 0.363. The standard InChI is InChI=1S/C13H11F2NO2/c14-10-3-8(4-11(15)6-10)1-2-9-5-12(17)13(18)16-7-9/h3-7,17H,1-2H2,(H,16,18). The predicted molar refractivity (Wildman–Crippen MR) is 62.5 cm³/mol. The van der Waals surface area contributed by atoms with Crippen LogP contribution in [0.3, 0.4) is 0 Å². The molecule has 0 saturated heterocycles. The van der Waals surface area contributed by atoms with E-state index >= 15 is 0 Å². The monoisotopic (exact) mass is 251 g/mol. The van der Waals surface area contributed by atoms with Gasteiger partial charge in [0.15, 0.2) is 5.75 Å². The van der Waals surface area contributed by atoms with Crippen LogP contribution in [0.25, 0.3) is 0 Å². The molecule has 0 spiro atoms. The maximum Gasteiger partial charge on any atom is 0.290 e. The fraction of sp³-hybridized carbons (Fsp3) is 0.154. The molecule has 1 aromatic heterocycles.